The zero-order valence-corrected chi connectivity index (χ0v) is 5.68. The van der Waals surface area contributed by atoms with Gasteiger partial charge in [-0.25, -0.2) is 0 Å². The van der Waals surface area contributed by atoms with Crippen LogP contribution in [0.15, 0.2) is 0 Å². The maximum Gasteiger partial charge on any atom is 0.169 e. The Bertz CT molecular complexity index is 172. The second-order valence-corrected chi connectivity index (χ2v) is 3.37. The predicted octanol–water partition coefficient (Wildman–Crippen LogP) is 0.753. The highest BCUT2D eigenvalue weighted by Gasteiger charge is 2.58. The van der Waals surface area contributed by atoms with Crippen LogP contribution in [-0.2, 0) is 9.53 Å². The van der Waals surface area contributed by atoms with E-state index in [0.717, 1.165) is 6.42 Å². The lowest BCUT2D eigenvalue weighted by molar-refractivity contribution is -0.133. The number of rotatable bonds is 0. The van der Waals surface area contributed by atoms with Crippen molar-refractivity contribution in [3.8, 4) is 0 Å². The van der Waals surface area contributed by atoms with Gasteiger partial charge in [0.15, 0.2) is 5.78 Å². The molecule has 1 saturated carbocycles. The normalized spacial score (nSPS) is 44.9. The smallest absolute Gasteiger partial charge is 0.169 e. The monoisotopic (exact) mass is 126 g/mol. The van der Waals surface area contributed by atoms with E-state index in [0.29, 0.717) is 5.78 Å². The molecule has 2 fully saturated rings. The second-order valence-electron chi connectivity index (χ2n) is 3.37. The summed E-state index contributed by atoms with van der Waals surface area (Å²) in [6, 6.07) is 0. The summed E-state index contributed by atoms with van der Waals surface area (Å²) in [4.78, 5) is 11.1. The van der Waals surface area contributed by atoms with Gasteiger partial charge in [0.25, 0.3) is 0 Å². The molecule has 2 atom stereocenters. The van der Waals surface area contributed by atoms with Crippen LogP contribution in [0.25, 0.3) is 0 Å². The molecule has 50 valence electrons. The maximum atomic E-state index is 11.1. The molecule has 2 aliphatic rings. The maximum absolute atomic E-state index is 11.1. The average molecular weight is 126 g/mol. The van der Waals surface area contributed by atoms with Crippen molar-refractivity contribution in [2.75, 3.05) is 0 Å². The molecule has 0 aromatic rings. The van der Waals surface area contributed by atoms with Crippen molar-refractivity contribution < 1.29 is 9.53 Å². The molecule has 0 amide bonds. The lowest BCUT2D eigenvalue weighted by Crippen LogP contribution is -2.30. The highest BCUT2D eigenvalue weighted by atomic mass is 16.5. The quantitative estimate of drug-likeness (QED) is 0.479. The van der Waals surface area contributed by atoms with Crippen LogP contribution in [0.2, 0.25) is 0 Å². The second kappa shape index (κ2) is 1.21. The van der Waals surface area contributed by atoms with Crippen molar-refractivity contribution in [2.45, 2.75) is 32.0 Å². The summed E-state index contributed by atoms with van der Waals surface area (Å²) in [5.74, 6) is 0.562. The van der Waals surface area contributed by atoms with Gasteiger partial charge in [-0.3, -0.25) is 4.79 Å². The minimum Gasteiger partial charge on any atom is -0.364 e. The largest absolute Gasteiger partial charge is 0.364 e. The van der Waals surface area contributed by atoms with Crippen LogP contribution in [0.1, 0.15) is 20.3 Å². The van der Waals surface area contributed by atoms with Crippen molar-refractivity contribution in [1.29, 1.82) is 0 Å². The van der Waals surface area contributed by atoms with Crippen LogP contribution in [0.4, 0.5) is 0 Å². The van der Waals surface area contributed by atoms with Crippen LogP contribution in [0.3, 0.4) is 0 Å². The van der Waals surface area contributed by atoms with Gasteiger partial charge in [0.2, 0.25) is 0 Å². The van der Waals surface area contributed by atoms with E-state index in [2.05, 4.69) is 0 Å². The summed E-state index contributed by atoms with van der Waals surface area (Å²) >= 11 is 0. The summed E-state index contributed by atoms with van der Waals surface area (Å²) in [5.41, 5.74) is -0.465. The number of hydrogen-bond acceptors (Lipinski definition) is 2. The number of carbonyl (C=O) groups is 1. The predicted molar refractivity (Wildman–Crippen MR) is 32.1 cm³/mol. The molecule has 0 aromatic carbocycles. The van der Waals surface area contributed by atoms with Gasteiger partial charge in [-0.1, -0.05) is 0 Å². The average Bonchev–Trinajstić information content (AvgIpc) is 2.39. The molecular formula is C7H10O2. The van der Waals surface area contributed by atoms with Crippen LogP contribution in [0, 0.1) is 5.92 Å². The van der Waals surface area contributed by atoms with E-state index in [4.69, 9.17) is 4.74 Å². The number of carbonyl (C=O) groups excluding carboxylic acids is 1. The zero-order valence-electron chi connectivity index (χ0n) is 5.68. The molecule has 1 aliphatic carbocycles. The van der Waals surface area contributed by atoms with E-state index in [-0.39, 0.29) is 12.0 Å². The number of hydrogen-bond donors (Lipinski definition) is 0. The van der Waals surface area contributed by atoms with Gasteiger partial charge < -0.3 is 4.74 Å². The first-order valence-corrected chi connectivity index (χ1v) is 3.33. The fourth-order valence-corrected chi connectivity index (χ4v) is 1.46. The van der Waals surface area contributed by atoms with Crippen molar-refractivity contribution in [3.05, 3.63) is 0 Å². The number of Topliss-reactive ketones (excluding diaryl/α,β-unsaturated/α-hetero) is 1. The highest BCUT2D eigenvalue weighted by molar-refractivity contribution is 5.93. The van der Waals surface area contributed by atoms with Crippen LogP contribution in [0.5, 0.6) is 0 Å². The van der Waals surface area contributed by atoms with Gasteiger partial charge >= 0.3 is 0 Å². The van der Waals surface area contributed by atoms with Gasteiger partial charge in [0, 0.05) is 5.92 Å². The third-order valence-corrected chi connectivity index (χ3v) is 2.11. The van der Waals surface area contributed by atoms with Gasteiger partial charge in [-0.2, -0.15) is 0 Å². The van der Waals surface area contributed by atoms with E-state index in [1.165, 1.54) is 0 Å². The Labute approximate surface area is 54.2 Å². The SMILES string of the molecule is CC1(C)OC2CC2C1=O. The van der Waals surface area contributed by atoms with Gasteiger partial charge in [-0.15, -0.1) is 0 Å². The first-order chi connectivity index (χ1) is 4.11. The molecule has 0 aromatic heterocycles. The molecule has 2 unspecified atom stereocenters. The van der Waals surface area contributed by atoms with E-state index < -0.39 is 5.60 Å². The van der Waals surface area contributed by atoms with E-state index in [1.54, 1.807) is 0 Å². The van der Waals surface area contributed by atoms with Crippen LogP contribution < -0.4 is 0 Å². The minimum absolute atomic E-state index is 0.264. The summed E-state index contributed by atoms with van der Waals surface area (Å²) in [7, 11) is 0. The van der Waals surface area contributed by atoms with Crippen molar-refractivity contribution >= 4 is 5.78 Å². The summed E-state index contributed by atoms with van der Waals surface area (Å²) in [6.07, 6.45) is 1.26. The molecular weight excluding hydrogens is 116 g/mol. The number of ether oxygens (including phenoxy) is 1. The van der Waals surface area contributed by atoms with Crippen LogP contribution in [-0.4, -0.2) is 17.5 Å². The molecule has 0 bridgehead atoms. The highest BCUT2D eigenvalue weighted by Crippen LogP contribution is 2.47. The van der Waals surface area contributed by atoms with E-state index in [1.807, 2.05) is 13.8 Å². The Kier molecular flexibility index (Phi) is 0.730. The molecule has 0 spiro atoms. The molecule has 2 heteroatoms. The molecule has 2 nitrogen and oxygen atoms in total. The van der Waals surface area contributed by atoms with Gasteiger partial charge in [0.1, 0.15) is 5.60 Å². The fraction of sp³-hybridized carbons (Fsp3) is 0.857. The lowest BCUT2D eigenvalue weighted by Gasteiger charge is -2.16. The Morgan fingerprint density at radius 3 is 2.56 bits per heavy atom. The minimum atomic E-state index is -0.465. The summed E-state index contributed by atoms with van der Waals surface area (Å²) < 4.78 is 5.39. The Morgan fingerprint density at radius 1 is 1.67 bits per heavy atom. The third-order valence-electron chi connectivity index (χ3n) is 2.11. The lowest BCUT2D eigenvalue weighted by atomic mass is 10.0. The molecule has 9 heavy (non-hydrogen) atoms. The van der Waals surface area contributed by atoms with Crippen molar-refractivity contribution in [3.63, 3.8) is 0 Å². The number of ketones is 1. The van der Waals surface area contributed by atoms with Gasteiger partial charge in [0.05, 0.1) is 6.10 Å². The number of fused-ring (bicyclic) bond motifs is 1. The Morgan fingerprint density at radius 2 is 2.33 bits per heavy atom. The molecule has 1 aliphatic heterocycles. The molecule has 1 saturated heterocycles. The van der Waals surface area contributed by atoms with Crippen LogP contribution >= 0.6 is 0 Å². The Hall–Kier alpha value is -0.370. The van der Waals surface area contributed by atoms with Gasteiger partial charge in [-0.05, 0) is 20.3 Å². The summed E-state index contributed by atoms with van der Waals surface area (Å²) in [6.45, 7) is 3.70. The molecule has 1 heterocycles. The topological polar surface area (TPSA) is 26.3 Å². The standard InChI is InChI=1S/C7H10O2/c1-7(2)6(8)4-3-5(4)9-7/h4-5H,3H2,1-2H3. The first-order valence-electron chi connectivity index (χ1n) is 3.33. The molecule has 0 radical (unpaired) electrons. The first kappa shape index (κ1) is 5.42. The molecule has 2 rings (SSSR count). The molecule has 0 N–H and O–H groups in total. The van der Waals surface area contributed by atoms with Crippen molar-refractivity contribution in [2.24, 2.45) is 5.92 Å². The van der Waals surface area contributed by atoms with E-state index in [9.17, 15) is 4.79 Å². The zero-order chi connectivity index (χ0) is 6.65. The fourth-order valence-electron chi connectivity index (χ4n) is 1.46. The van der Waals surface area contributed by atoms with Crippen molar-refractivity contribution in [1.82, 2.24) is 0 Å². The third kappa shape index (κ3) is 0.568. The summed E-state index contributed by atoms with van der Waals surface area (Å²) in [5, 5.41) is 0. The Balaban J connectivity index is 2.26. The van der Waals surface area contributed by atoms with E-state index >= 15 is 0 Å².